The largest absolute Gasteiger partial charge is 0.497 e. The molecule has 2 atom stereocenters. The van der Waals surface area contributed by atoms with E-state index < -0.39 is 34.0 Å². The van der Waals surface area contributed by atoms with Crippen LogP contribution in [0.15, 0.2) is 71.9 Å². The monoisotopic (exact) mass is 569 g/mol. The van der Waals surface area contributed by atoms with Gasteiger partial charge in [0.1, 0.15) is 24.7 Å². The van der Waals surface area contributed by atoms with Crippen molar-refractivity contribution < 1.29 is 31.5 Å². The second-order valence-electron chi connectivity index (χ2n) is 9.94. The van der Waals surface area contributed by atoms with E-state index in [4.69, 9.17) is 9.47 Å². The highest BCUT2D eigenvalue weighted by Gasteiger charge is 2.37. The molecular weight excluding hydrogens is 540 g/mol. The van der Waals surface area contributed by atoms with Crippen molar-refractivity contribution in [2.75, 3.05) is 12.4 Å². The molecule has 1 heterocycles. The summed E-state index contributed by atoms with van der Waals surface area (Å²) < 4.78 is 63.7. The highest BCUT2D eigenvalue weighted by molar-refractivity contribution is 7.92. The van der Waals surface area contributed by atoms with Crippen molar-refractivity contribution in [2.24, 2.45) is 5.92 Å². The van der Waals surface area contributed by atoms with Crippen molar-refractivity contribution in [1.82, 2.24) is 9.97 Å². The number of aromatic nitrogens is 2. The lowest BCUT2D eigenvalue weighted by Crippen LogP contribution is -2.16. The zero-order chi connectivity index (χ0) is 28.3. The van der Waals surface area contributed by atoms with Gasteiger partial charge in [0.05, 0.1) is 29.6 Å². The fourth-order valence-electron chi connectivity index (χ4n) is 4.56. The van der Waals surface area contributed by atoms with E-state index >= 15 is 0 Å². The lowest BCUT2D eigenvalue weighted by Gasteiger charge is -2.13. The van der Waals surface area contributed by atoms with E-state index in [0.717, 1.165) is 11.3 Å². The van der Waals surface area contributed by atoms with E-state index in [2.05, 4.69) is 15.3 Å². The van der Waals surface area contributed by atoms with Gasteiger partial charge in [-0.25, -0.2) is 27.2 Å². The van der Waals surface area contributed by atoms with Gasteiger partial charge in [-0.3, -0.25) is 4.79 Å². The first-order valence-corrected chi connectivity index (χ1v) is 14.5. The van der Waals surface area contributed by atoms with Crippen molar-refractivity contribution >= 4 is 27.1 Å². The molecule has 1 aromatic heterocycles. The highest BCUT2D eigenvalue weighted by atomic mass is 32.2. The first-order chi connectivity index (χ1) is 19.2. The number of carbonyl (C=O) groups excluding carboxylic acids is 1. The van der Waals surface area contributed by atoms with Crippen LogP contribution in [0.4, 0.5) is 14.6 Å². The molecular formula is C29H29F2N3O5S. The zero-order valence-corrected chi connectivity index (χ0v) is 22.6. The minimum absolute atomic E-state index is 0.0356. The van der Waals surface area contributed by atoms with Gasteiger partial charge in [0.15, 0.2) is 15.7 Å². The van der Waals surface area contributed by atoms with Crippen molar-refractivity contribution in [3.05, 3.63) is 78.1 Å². The predicted molar refractivity (Wildman–Crippen MR) is 145 cm³/mol. The molecule has 2 fully saturated rings. The summed E-state index contributed by atoms with van der Waals surface area (Å²) in [6.45, 7) is 0.260. The number of ether oxygens (including phenoxy) is 2. The maximum atomic E-state index is 13.9. The van der Waals surface area contributed by atoms with Crippen LogP contribution in [0.1, 0.15) is 36.8 Å². The normalized spacial score (nSPS) is 21.2. The van der Waals surface area contributed by atoms with Crippen molar-refractivity contribution in [1.29, 1.82) is 0 Å². The molecule has 0 spiro atoms. The molecule has 1 N–H and O–H groups in total. The summed E-state index contributed by atoms with van der Waals surface area (Å²) in [5.74, 6) is 0.0974. The number of rotatable bonds is 10. The summed E-state index contributed by atoms with van der Waals surface area (Å²) in [4.78, 5) is 21.9. The van der Waals surface area contributed by atoms with Gasteiger partial charge in [-0.15, -0.1) is 0 Å². The second-order valence-corrected chi connectivity index (χ2v) is 12.2. The van der Waals surface area contributed by atoms with Gasteiger partial charge in [-0.05, 0) is 67.0 Å². The van der Waals surface area contributed by atoms with Crippen LogP contribution in [0.5, 0.6) is 11.6 Å². The first kappa shape index (κ1) is 27.7. The van der Waals surface area contributed by atoms with Crippen LogP contribution in [0.2, 0.25) is 0 Å². The van der Waals surface area contributed by atoms with Crippen LogP contribution in [-0.2, 0) is 21.2 Å². The number of methoxy groups -OCH3 is 1. The fraction of sp³-hybridized carbons (Fsp3) is 0.345. The van der Waals surface area contributed by atoms with E-state index in [0.29, 0.717) is 18.4 Å². The topological polar surface area (TPSA) is 107 Å². The quantitative estimate of drug-likeness (QED) is 0.338. The maximum Gasteiger partial charge on any atom is 0.257 e. The van der Waals surface area contributed by atoms with Gasteiger partial charge < -0.3 is 14.8 Å². The number of hydrogen-bond donors (Lipinski definition) is 1. The Morgan fingerprint density at radius 3 is 2.25 bits per heavy atom. The number of amides is 1. The third-order valence-electron chi connectivity index (χ3n) is 6.97. The van der Waals surface area contributed by atoms with Gasteiger partial charge in [-0.2, -0.15) is 0 Å². The molecule has 3 aromatic rings. The molecule has 2 saturated carbocycles. The number of allylic oxidation sites excluding steroid dienone is 1. The van der Waals surface area contributed by atoms with E-state index in [1.54, 1.807) is 13.2 Å². The average Bonchev–Trinajstić information content (AvgIpc) is 3.77. The second kappa shape index (κ2) is 11.7. The maximum absolute atomic E-state index is 13.9. The Bertz CT molecular complexity index is 1470. The molecule has 0 aliphatic heterocycles. The van der Waals surface area contributed by atoms with Crippen molar-refractivity contribution in [3.8, 4) is 11.6 Å². The number of benzene rings is 2. The third kappa shape index (κ3) is 6.47. The van der Waals surface area contributed by atoms with E-state index in [1.807, 2.05) is 24.3 Å². The van der Waals surface area contributed by atoms with Crippen LogP contribution in [0, 0.1) is 5.92 Å². The Kier molecular flexibility index (Phi) is 8.11. The Labute approximate surface area is 231 Å². The minimum atomic E-state index is -3.40. The lowest BCUT2D eigenvalue weighted by molar-refractivity contribution is -0.111. The van der Waals surface area contributed by atoms with Gasteiger partial charge in [-0.1, -0.05) is 30.3 Å². The molecule has 8 nitrogen and oxygen atoms in total. The Hall–Kier alpha value is -3.86. The standard InChI is InChI=1S/C29H29F2N3O5S/c1-38-21-6-2-18(3-7-21)17-39-28-16-32-27(15-33-28)34-29(35)24(12-19-13-25(30)26(31)14-19)20-4-8-22(9-5-20)40(36,37)23-10-11-23/h2-9,12,15-16,19,23,25-26H,10-11,13-14,17H2,1H3,(H,32,34,35)/b24-12+. The number of anilines is 1. The SMILES string of the molecule is COc1ccc(COc2cnc(NC(=O)/C(=C/C3CC(F)C(F)C3)c3ccc(S(=O)(=O)C4CC4)cc3)cn2)cc1. The van der Waals surface area contributed by atoms with Gasteiger partial charge in [0.2, 0.25) is 5.88 Å². The number of nitrogens with zero attached hydrogens (tertiary/aromatic N) is 2. The number of nitrogens with one attached hydrogen (secondary N) is 1. The average molecular weight is 570 g/mol. The Morgan fingerprint density at radius 1 is 1.00 bits per heavy atom. The first-order valence-electron chi connectivity index (χ1n) is 13.0. The predicted octanol–water partition coefficient (Wildman–Crippen LogP) is 5.11. The number of carbonyl (C=O) groups is 1. The van der Waals surface area contributed by atoms with Gasteiger partial charge >= 0.3 is 0 Å². The summed E-state index contributed by atoms with van der Waals surface area (Å²) in [6.07, 6.45) is 2.29. The molecule has 2 aliphatic rings. The number of halogens is 2. The van der Waals surface area contributed by atoms with E-state index in [-0.39, 0.29) is 46.9 Å². The van der Waals surface area contributed by atoms with E-state index in [1.165, 1.54) is 36.7 Å². The zero-order valence-electron chi connectivity index (χ0n) is 21.8. The highest BCUT2D eigenvalue weighted by Crippen LogP contribution is 2.36. The Morgan fingerprint density at radius 2 is 1.68 bits per heavy atom. The molecule has 0 radical (unpaired) electrons. The number of sulfone groups is 1. The summed E-state index contributed by atoms with van der Waals surface area (Å²) in [7, 11) is -1.81. The number of alkyl halides is 2. The molecule has 11 heteroatoms. The molecule has 0 saturated heterocycles. The molecule has 2 aromatic carbocycles. The molecule has 210 valence electrons. The molecule has 2 unspecified atom stereocenters. The smallest absolute Gasteiger partial charge is 0.257 e. The van der Waals surface area contributed by atoms with Crippen LogP contribution < -0.4 is 14.8 Å². The molecule has 5 rings (SSSR count). The van der Waals surface area contributed by atoms with Crippen LogP contribution >= 0.6 is 0 Å². The summed E-state index contributed by atoms with van der Waals surface area (Å²) >= 11 is 0. The Balaban J connectivity index is 1.30. The molecule has 0 bridgehead atoms. The van der Waals surface area contributed by atoms with E-state index in [9.17, 15) is 22.0 Å². The molecule has 1 amide bonds. The fourth-order valence-corrected chi connectivity index (χ4v) is 6.21. The van der Waals surface area contributed by atoms with Crippen LogP contribution in [0.3, 0.4) is 0 Å². The van der Waals surface area contributed by atoms with Crippen LogP contribution in [0.25, 0.3) is 5.57 Å². The van der Waals surface area contributed by atoms with Crippen LogP contribution in [-0.4, -0.2) is 49.0 Å². The van der Waals surface area contributed by atoms with Gasteiger partial charge in [0, 0.05) is 5.57 Å². The third-order valence-corrected chi connectivity index (χ3v) is 9.25. The minimum Gasteiger partial charge on any atom is -0.497 e. The molecule has 40 heavy (non-hydrogen) atoms. The van der Waals surface area contributed by atoms with Crippen molar-refractivity contribution in [3.63, 3.8) is 0 Å². The van der Waals surface area contributed by atoms with Gasteiger partial charge in [0.25, 0.3) is 5.91 Å². The lowest BCUT2D eigenvalue weighted by atomic mass is 9.98. The summed E-state index contributed by atoms with van der Waals surface area (Å²) in [6, 6.07) is 13.4. The van der Waals surface area contributed by atoms with Crippen molar-refractivity contribution in [2.45, 2.75) is 54.8 Å². The molecule has 2 aliphatic carbocycles. The number of hydrogen-bond acceptors (Lipinski definition) is 7. The summed E-state index contributed by atoms with van der Waals surface area (Å²) in [5.41, 5.74) is 1.50. The summed E-state index contributed by atoms with van der Waals surface area (Å²) in [5, 5.41) is 2.31.